The number of alkyl halides is 2. The van der Waals surface area contributed by atoms with Crippen molar-refractivity contribution in [3.05, 3.63) is 58.8 Å². The van der Waals surface area contributed by atoms with Gasteiger partial charge in [0, 0.05) is 49.6 Å². The van der Waals surface area contributed by atoms with Gasteiger partial charge in [-0.3, -0.25) is 9.79 Å². The number of halogens is 3. The quantitative estimate of drug-likeness (QED) is 0.276. The SMILES string of the molecule is C=N/C(=C(F)\C=N/c1ccc(C(=O)N2CCC(NC3CCC(F)(F)CC3)CC2)c(C)n1)c1ccc2nc(C)n(C(C)C)c2c1. The predicted octanol–water partition coefficient (Wildman–Crippen LogP) is 7.14. The molecule has 44 heavy (non-hydrogen) atoms. The molecule has 0 radical (unpaired) electrons. The lowest BCUT2D eigenvalue weighted by atomic mass is 9.91. The third kappa shape index (κ3) is 6.93. The van der Waals surface area contributed by atoms with Crippen molar-refractivity contribution in [2.45, 2.75) is 90.3 Å². The van der Waals surface area contributed by atoms with E-state index in [1.165, 1.54) is 0 Å². The van der Waals surface area contributed by atoms with E-state index in [1.54, 1.807) is 30.0 Å². The fourth-order valence-electron chi connectivity index (χ4n) is 6.31. The average Bonchev–Trinajstić information content (AvgIpc) is 3.33. The van der Waals surface area contributed by atoms with Crippen molar-refractivity contribution >= 4 is 41.4 Å². The number of hydrogen-bond acceptors (Lipinski definition) is 6. The lowest BCUT2D eigenvalue weighted by Gasteiger charge is -2.37. The van der Waals surface area contributed by atoms with Crippen molar-refractivity contribution in [2.24, 2.45) is 9.98 Å². The van der Waals surface area contributed by atoms with Gasteiger partial charge in [-0.15, -0.1) is 0 Å². The number of piperidine rings is 1. The highest BCUT2D eigenvalue weighted by molar-refractivity contribution is 5.96. The second-order valence-electron chi connectivity index (χ2n) is 12.1. The number of pyridine rings is 1. The molecule has 11 heteroatoms. The lowest BCUT2D eigenvalue weighted by molar-refractivity contribution is -0.0417. The van der Waals surface area contributed by atoms with E-state index < -0.39 is 11.7 Å². The number of carbonyl (C=O) groups excluding carboxylic acids is 1. The molecule has 1 saturated heterocycles. The first-order valence-electron chi connectivity index (χ1n) is 15.3. The van der Waals surface area contributed by atoms with Gasteiger partial charge in [-0.2, -0.15) is 0 Å². The van der Waals surface area contributed by atoms with Crippen LogP contribution in [0.3, 0.4) is 0 Å². The zero-order valence-corrected chi connectivity index (χ0v) is 25.8. The fraction of sp³-hybridized carbons (Fsp3) is 0.485. The van der Waals surface area contributed by atoms with E-state index in [2.05, 4.69) is 50.4 Å². The van der Waals surface area contributed by atoms with Crippen LogP contribution in [-0.4, -0.2) is 69.4 Å². The summed E-state index contributed by atoms with van der Waals surface area (Å²) in [5, 5.41) is 3.53. The first-order chi connectivity index (χ1) is 21.0. The molecule has 1 saturated carbocycles. The van der Waals surface area contributed by atoms with Crippen LogP contribution >= 0.6 is 0 Å². The van der Waals surface area contributed by atoms with Crippen molar-refractivity contribution in [1.82, 2.24) is 24.8 Å². The van der Waals surface area contributed by atoms with Crippen LogP contribution in [0.4, 0.5) is 19.0 Å². The minimum absolute atomic E-state index is 0.0626. The molecule has 0 spiro atoms. The Morgan fingerprint density at radius 3 is 2.39 bits per heavy atom. The predicted molar refractivity (Wildman–Crippen MR) is 169 cm³/mol. The average molecular weight is 608 g/mol. The summed E-state index contributed by atoms with van der Waals surface area (Å²) in [6.45, 7) is 12.5. The summed E-state index contributed by atoms with van der Waals surface area (Å²) in [5.41, 5.74) is 3.30. The molecule has 0 unspecified atom stereocenters. The van der Waals surface area contributed by atoms with Crippen molar-refractivity contribution in [1.29, 1.82) is 0 Å². The molecule has 1 aliphatic carbocycles. The van der Waals surface area contributed by atoms with Crippen molar-refractivity contribution in [2.75, 3.05) is 13.1 Å². The molecule has 3 heterocycles. The molecule has 8 nitrogen and oxygen atoms in total. The maximum Gasteiger partial charge on any atom is 0.255 e. The van der Waals surface area contributed by atoms with Crippen LogP contribution in [0.15, 0.2) is 46.1 Å². The number of rotatable bonds is 8. The van der Waals surface area contributed by atoms with E-state index in [-0.39, 0.29) is 48.4 Å². The number of likely N-dealkylation sites (tertiary alicyclic amines) is 1. The number of aromatic nitrogens is 3. The Kier molecular flexibility index (Phi) is 9.34. The molecule has 1 aliphatic heterocycles. The summed E-state index contributed by atoms with van der Waals surface area (Å²) in [7, 11) is 0. The van der Waals surface area contributed by atoms with Crippen LogP contribution < -0.4 is 5.32 Å². The van der Waals surface area contributed by atoms with E-state index in [0.29, 0.717) is 42.8 Å². The van der Waals surface area contributed by atoms with Gasteiger partial charge in [0.2, 0.25) is 5.92 Å². The van der Waals surface area contributed by atoms with Crippen LogP contribution in [0.1, 0.15) is 85.9 Å². The normalized spacial score (nSPS) is 18.8. The van der Waals surface area contributed by atoms with Gasteiger partial charge in [0.25, 0.3) is 5.91 Å². The van der Waals surface area contributed by atoms with Crippen molar-refractivity contribution in [3.8, 4) is 0 Å². The van der Waals surface area contributed by atoms with Gasteiger partial charge in [0.05, 0.1) is 28.5 Å². The fourth-order valence-corrected chi connectivity index (χ4v) is 6.31. The summed E-state index contributed by atoms with van der Waals surface area (Å²) in [5.74, 6) is -2.17. The van der Waals surface area contributed by atoms with Gasteiger partial charge in [0.1, 0.15) is 11.5 Å². The summed E-state index contributed by atoms with van der Waals surface area (Å²) in [6, 6.07) is 9.23. The standard InChI is InChI=1S/C33H40F3N7O/c1-20(2)43-22(4)40-28-8-6-23(18-29(28)43)31(37-5)27(34)19-38-30-9-7-26(21(3)39-30)32(44)42-16-12-25(13-17-42)41-24-10-14-33(35,36)15-11-24/h6-9,18-20,24-25,41H,5,10-17H2,1-4H3/b31-27+,38-19-. The molecule has 0 atom stereocenters. The lowest BCUT2D eigenvalue weighted by Crippen LogP contribution is -2.49. The highest BCUT2D eigenvalue weighted by Crippen LogP contribution is 2.33. The van der Waals surface area contributed by atoms with E-state index in [1.807, 2.05) is 19.1 Å². The number of allylic oxidation sites excluding steroid dienone is 1. The third-order valence-corrected chi connectivity index (χ3v) is 8.62. The maximum atomic E-state index is 15.3. The molecule has 2 aromatic heterocycles. The Balaban J connectivity index is 1.23. The molecule has 0 bridgehead atoms. The molecular formula is C33H40F3N7O. The van der Waals surface area contributed by atoms with Crippen LogP contribution in [0.5, 0.6) is 0 Å². The molecule has 2 fully saturated rings. The second-order valence-corrected chi connectivity index (χ2v) is 12.1. The number of nitrogens with one attached hydrogen (secondary N) is 1. The molecule has 5 rings (SSSR count). The van der Waals surface area contributed by atoms with E-state index >= 15 is 4.39 Å². The topological polar surface area (TPSA) is 87.8 Å². The van der Waals surface area contributed by atoms with Gasteiger partial charge in [-0.1, -0.05) is 6.07 Å². The molecule has 1 amide bonds. The zero-order valence-electron chi connectivity index (χ0n) is 25.8. The number of aliphatic imine (C=N–C) groups is 2. The van der Waals surface area contributed by atoms with Crippen molar-refractivity contribution in [3.63, 3.8) is 0 Å². The number of amides is 1. The molecule has 234 valence electrons. The summed E-state index contributed by atoms with van der Waals surface area (Å²) < 4.78 is 44.3. The number of carbonyl (C=O) groups is 1. The van der Waals surface area contributed by atoms with Gasteiger partial charge in [-0.05, 0) is 84.4 Å². The second kappa shape index (κ2) is 13.0. The molecule has 1 N–H and O–H groups in total. The largest absolute Gasteiger partial charge is 0.338 e. The number of benzene rings is 1. The Labute approximate surface area is 256 Å². The van der Waals surface area contributed by atoms with Gasteiger partial charge in [-0.25, -0.2) is 28.1 Å². The first-order valence-corrected chi connectivity index (χ1v) is 15.3. The minimum Gasteiger partial charge on any atom is -0.338 e. The van der Waals surface area contributed by atoms with Crippen LogP contribution in [0, 0.1) is 13.8 Å². The smallest absolute Gasteiger partial charge is 0.255 e. The van der Waals surface area contributed by atoms with E-state index in [9.17, 15) is 13.6 Å². The number of hydrogen-bond donors (Lipinski definition) is 1. The number of aryl methyl sites for hydroxylation is 2. The number of imidazole rings is 1. The number of nitrogens with zero attached hydrogens (tertiary/aromatic N) is 6. The summed E-state index contributed by atoms with van der Waals surface area (Å²) in [6.07, 6.45) is 3.44. The molecule has 2 aliphatic rings. The van der Waals surface area contributed by atoms with Gasteiger partial charge < -0.3 is 14.8 Å². The van der Waals surface area contributed by atoms with Crippen LogP contribution in [-0.2, 0) is 0 Å². The molecule has 1 aromatic carbocycles. The number of fused-ring (bicyclic) bond motifs is 1. The van der Waals surface area contributed by atoms with Gasteiger partial charge in [0.15, 0.2) is 11.6 Å². The van der Waals surface area contributed by atoms with Crippen LogP contribution in [0.2, 0.25) is 0 Å². The zero-order chi connectivity index (χ0) is 31.6. The summed E-state index contributed by atoms with van der Waals surface area (Å²) in [4.78, 5) is 32.2. The Bertz CT molecular complexity index is 1590. The summed E-state index contributed by atoms with van der Waals surface area (Å²) >= 11 is 0. The maximum absolute atomic E-state index is 15.3. The van der Waals surface area contributed by atoms with Crippen LogP contribution in [0.25, 0.3) is 16.7 Å². The third-order valence-electron chi connectivity index (χ3n) is 8.62. The van der Waals surface area contributed by atoms with E-state index in [4.69, 9.17) is 0 Å². The van der Waals surface area contributed by atoms with E-state index in [0.717, 1.165) is 35.9 Å². The Hall–Kier alpha value is -3.86. The highest BCUT2D eigenvalue weighted by atomic mass is 19.3. The highest BCUT2D eigenvalue weighted by Gasteiger charge is 2.36. The Morgan fingerprint density at radius 1 is 1.07 bits per heavy atom. The van der Waals surface area contributed by atoms with Gasteiger partial charge >= 0.3 is 0 Å². The Morgan fingerprint density at radius 2 is 1.75 bits per heavy atom. The monoisotopic (exact) mass is 607 g/mol. The molecule has 3 aromatic rings. The minimum atomic E-state index is -2.54. The van der Waals surface area contributed by atoms with Crippen molar-refractivity contribution < 1.29 is 18.0 Å². The first kappa shape index (κ1) is 31.6. The molecular weight excluding hydrogens is 567 g/mol.